The number of hydrogen-bond acceptors (Lipinski definition) is 3. The van der Waals surface area contributed by atoms with E-state index in [0.717, 1.165) is 38.6 Å². The molecule has 1 atom stereocenters. The van der Waals surface area contributed by atoms with Crippen LogP contribution in [0.25, 0.3) is 0 Å². The first-order valence-corrected chi connectivity index (χ1v) is 7.95. The molecule has 2 rings (SSSR count). The van der Waals surface area contributed by atoms with Crippen molar-refractivity contribution < 1.29 is 8.42 Å². The lowest BCUT2D eigenvalue weighted by Crippen LogP contribution is -2.47. The van der Waals surface area contributed by atoms with Crippen molar-refractivity contribution in [2.75, 3.05) is 33.2 Å². The second-order valence-electron chi connectivity index (χ2n) is 5.04. The highest BCUT2D eigenvalue weighted by Crippen LogP contribution is 2.16. The van der Waals surface area contributed by atoms with E-state index < -0.39 is 10.2 Å². The Balaban J connectivity index is 1.93. The molecule has 1 N–H and O–H groups in total. The zero-order valence-corrected chi connectivity index (χ0v) is 11.4. The van der Waals surface area contributed by atoms with Crippen molar-refractivity contribution in [3.8, 4) is 0 Å². The second kappa shape index (κ2) is 5.65. The normalized spacial score (nSPS) is 27.8. The van der Waals surface area contributed by atoms with Crippen molar-refractivity contribution in [3.63, 3.8) is 0 Å². The first-order chi connectivity index (χ1) is 8.10. The molecule has 0 aromatic carbocycles. The van der Waals surface area contributed by atoms with Crippen LogP contribution in [-0.4, -0.2) is 56.3 Å². The lowest BCUT2D eigenvalue weighted by atomic mass is 10.2. The van der Waals surface area contributed by atoms with E-state index in [1.165, 1.54) is 4.31 Å². The van der Waals surface area contributed by atoms with E-state index in [-0.39, 0.29) is 0 Å². The van der Waals surface area contributed by atoms with Gasteiger partial charge >= 0.3 is 0 Å². The Hall–Kier alpha value is -0.170. The second-order valence-corrected chi connectivity index (χ2v) is 7.08. The summed E-state index contributed by atoms with van der Waals surface area (Å²) in [6, 6.07) is 0.333. The third kappa shape index (κ3) is 3.19. The van der Waals surface area contributed by atoms with Crippen LogP contribution >= 0.6 is 0 Å². The summed E-state index contributed by atoms with van der Waals surface area (Å²) in [5.41, 5.74) is 0. The molecule has 17 heavy (non-hydrogen) atoms. The maximum atomic E-state index is 12.3. The molecule has 2 saturated heterocycles. The van der Waals surface area contributed by atoms with Gasteiger partial charge in [-0.1, -0.05) is 6.42 Å². The molecule has 100 valence electrons. The molecule has 0 aromatic rings. The van der Waals surface area contributed by atoms with E-state index >= 15 is 0 Å². The average Bonchev–Trinajstić information content (AvgIpc) is 2.83. The molecule has 0 aromatic heterocycles. The first kappa shape index (κ1) is 13.3. The van der Waals surface area contributed by atoms with Crippen LogP contribution in [0.5, 0.6) is 0 Å². The van der Waals surface area contributed by atoms with Gasteiger partial charge in [0.25, 0.3) is 10.2 Å². The van der Waals surface area contributed by atoms with Crippen molar-refractivity contribution >= 4 is 10.2 Å². The molecule has 2 fully saturated rings. The molecular formula is C11H23N3O2S. The molecule has 2 aliphatic heterocycles. The number of piperidine rings is 1. The molecule has 6 heteroatoms. The summed E-state index contributed by atoms with van der Waals surface area (Å²) in [6.07, 6.45) is 5.38. The van der Waals surface area contributed by atoms with Gasteiger partial charge < -0.3 is 5.32 Å². The smallest absolute Gasteiger partial charge is 0.281 e. The Morgan fingerprint density at radius 1 is 1.24 bits per heavy atom. The van der Waals surface area contributed by atoms with Gasteiger partial charge in [0.15, 0.2) is 0 Å². The molecular weight excluding hydrogens is 238 g/mol. The summed E-state index contributed by atoms with van der Waals surface area (Å²) in [5, 5.41) is 3.34. The van der Waals surface area contributed by atoms with Crippen LogP contribution in [0.15, 0.2) is 0 Å². The van der Waals surface area contributed by atoms with Crippen LogP contribution in [-0.2, 0) is 10.2 Å². The van der Waals surface area contributed by atoms with Gasteiger partial charge in [-0.25, -0.2) is 0 Å². The Kier molecular flexibility index (Phi) is 4.41. The Labute approximate surface area is 104 Å². The zero-order valence-electron chi connectivity index (χ0n) is 10.6. The van der Waals surface area contributed by atoms with Gasteiger partial charge in [0.1, 0.15) is 0 Å². The molecule has 5 nitrogen and oxygen atoms in total. The maximum Gasteiger partial charge on any atom is 0.281 e. The van der Waals surface area contributed by atoms with Crippen molar-refractivity contribution in [3.05, 3.63) is 0 Å². The minimum Gasteiger partial charge on any atom is -0.313 e. The standard InChI is InChI=1S/C11H23N3O2S/c1-13(10-11-6-5-7-12-11)17(15,16)14-8-3-2-4-9-14/h11-12H,2-10H2,1H3. The number of nitrogens with zero attached hydrogens (tertiary/aromatic N) is 2. The highest BCUT2D eigenvalue weighted by Gasteiger charge is 2.30. The molecule has 2 heterocycles. The van der Waals surface area contributed by atoms with Crippen LogP contribution in [0.1, 0.15) is 32.1 Å². The van der Waals surface area contributed by atoms with Crippen molar-refractivity contribution in [1.82, 2.24) is 13.9 Å². The van der Waals surface area contributed by atoms with Crippen LogP contribution in [0.4, 0.5) is 0 Å². The SMILES string of the molecule is CN(CC1CCCN1)S(=O)(=O)N1CCCCC1. The van der Waals surface area contributed by atoms with Gasteiger partial charge in [-0.15, -0.1) is 0 Å². The fourth-order valence-corrected chi connectivity index (χ4v) is 4.09. The molecule has 1 unspecified atom stereocenters. The third-order valence-electron chi connectivity index (χ3n) is 3.68. The summed E-state index contributed by atoms with van der Waals surface area (Å²) in [6.45, 7) is 2.98. The topological polar surface area (TPSA) is 52.7 Å². The molecule has 0 saturated carbocycles. The largest absolute Gasteiger partial charge is 0.313 e. The van der Waals surface area contributed by atoms with Crippen LogP contribution < -0.4 is 5.32 Å². The number of nitrogens with one attached hydrogen (secondary N) is 1. The molecule has 0 bridgehead atoms. The molecule has 0 amide bonds. The minimum absolute atomic E-state index is 0.333. The summed E-state index contributed by atoms with van der Waals surface area (Å²) in [7, 11) is -1.52. The zero-order chi connectivity index (χ0) is 12.3. The molecule has 0 radical (unpaired) electrons. The minimum atomic E-state index is -3.22. The van der Waals surface area contributed by atoms with Gasteiger partial charge in [-0.2, -0.15) is 17.0 Å². The highest BCUT2D eigenvalue weighted by molar-refractivity contribution is 7.86. The summed E-state index contributed by atoms with van der Waals surface area (Å²) < 4.78 is 27.7. The third-order valence-corrected chi connectivity index (χ3v) is 5.63. The van der Waals surface area contributed by atoms with E-state index in [0.29, 0.717) is 25.7 Å². The Morgan fingerprint density at radius 3 is 2.53 bits per heavy atom. The van der Waals surface area contributed by atoms with Crippen LogP contribution in [0.3, 0.4) is 0 Å². The summed E-state index contributed by atoms with van der Waals surface area (Å²) >= 11 is 0. The van der Waals surface area contributed by atoms with Crippen molar-refractivity contribution in [2.45, 2.75) is 38.1 Å². The molecule has 0 aliphatic carbocycles. The lowest BCUT2D eigenvalue weighted by molar-refractivity contribution is 0.308. The number of rotatable bonds is 4. The monoisotopic (exact) mass is 261 g/mol. The Bertz CT molecular complexity index is 333. The van der Waals surface area contributed by atoms with E-state index in [1.807, 2.05) is 0 Å². The predicted octanol–water partition coefficient (Wildman–Crippen LogP) is 0.401. The number of likely N-dealkylation sites (N-methyl/N-ethyl adjacent to an activating group) is 1. The summed E-state index contributed by atoms with van der Waals surface area (Å²) in [4.78, 5) is 0. The van der Waals surface area contributed by atoms with E-state index in [4.69, 9.17) is 0 Å². The van der Waals surface area contributed by atoms with Crippen LogP contribution in [0, 0.1) is 0 Å². The van der Waals surface area contributed by atoms with Crippen LogP contribution in [0.2, 0.25) is 0 Å². The molecule has 0 spiro atoms. The average molecular weight is 261 g/mol. The number of hydrogen-bond donors (Lipinski definition) is 1. The van der Waals surface area contributed by atoms with Crippen molar-refractivity contribution in [1.29, 1.82) is 0 Å². The van der Waals surface area contributed by atoms with Gasteiger partial charge in [0, 0.05) is 32.7 Å². The first-order valence-electron chi connectivity index (χ1n) is 6.55. The van der Waals surface area contributed by atoms with E-state index in [1.54, 1.807) is 11.4 Å². The summed E-state index contributed by atoms with van der Waals surface area (Å²) in [5.74, 6) is 0. The fraction of sp³-hybridized carbons (Fsp3) is 1.00. The predicted molar refractivity (Wildman–Crippen MR) is 68.0 cm³/mol. The highest BCUT2D eigenvalue weighted by atomic mass is 32.2. The van der Waals surface area contributed by atoms with Crippen molar-refractivity contribution in [2.24, 2.45) is 0 Å². The van der Waals surface area contributed by atoms with E-state index in [9.17, 15) is 8.42 Å². The van der Waals surface area contributed by atoms with E-state index in [2.05, 4.69) is 5.32 Å². The van der Waals surface area contributed by atoms with Gasteiger partial charge in [-0.05, 0) is 32.2 Å². The quantitative estimate of drug-likeness (QED) is 0.797. The molecule has 2 aliphatic rings. The Morgan fingerprint density at radius 2 is 1.94 bits per heavy atom. The maximum absolute atomic E-state index is 12.3. The fourth-order valence-electron chi connectivity index (χ4n) is 2.61. The van der Waals surface area contributed by atoms with Gasteiger partial charge in [0.05, 0.1) is 0 Å². The lowest BCUT2D eigenvalue weighted by Gasteiger charge is -2.31. The van der Waals surface area contributed by atoms with Gasteiger partial charge in [-0.3, -0.25) is 0 Å². The van der Waals surface area contributed by atoms with Gasteiger partial charge in [0.2, 0.25) is 0 Å².